The second-order valence-corrected chi connectivity index (χ2v) is 9.39. The van der Waals surface area contributed by atoms with Crippen LogP contribution in [0.3, 0.4) is 0 Å². The molecule has 0 spiro atoms. The molecule has 2 atom stereocenters. The summed E-state index contributed by atoms with van der Waals surface area (Å²) in [4.78, 5) is 42.5. The molecule has 1 saturated heterocycles. The first-order chi connectivity index (χ1) is 18.0. The molecular formula is C32H24ClNO3. The number of ketones is 1. The van der Waals surface area contributed by atoms with Crippen LogP contribution < -0.4 is 4.90 Å². The third-order valence-corrected chi connectivity index (χ3v) is 6.86. The van der Waals surface area contributed by atoms with Crippen molar-refractivity contribution in [2.45, 2.75) is 12.3 Å². The smallest absolute Gasteiger partial charge is 0.261 e. The summed E-state index contributed by atoms with van der Waals surface area (Å²) in [6.45, 7) is 0. The normalized spacial score (nSPS) is 17.3. The number of imide groups is 1. The molecule has 37 heavy (non-hydrogen) atoms. The predicted octanol–water partition coefficient (Wildman–Crippen LogP) is 6.97. The van der Waals surface area contributed by atoms with Crippen LogP contribution in [0.5, 0.6) is 0 Å². The van der Waals surface area contributed by atoms with E-state index in [4.69, 9.17) is 11.6 Å². The van der Waals surface area contributed by atoms with Crippen molar-refractivity contribution in [3.63, 3.8) is 0 Å². The number of rotatable bonds is 7. The molecular weight excluding hydrogens is 482 g/mol. The zero-order chi connectivity index (χ0) is 25.8. The number of anilines is 1. The predicted molar refractivity (Wildman–Crippen MR) is 146 cm³/mol. The summed E-state index contributed by atoms with van der Waals surface area (Å²) in [6, 6.07) is 34.5. The third-order valence-electron chi connectivity index (χ3n) is 6.61. The Morgan fingerprint density at radius 3 is 1.97 bits per heavy atom. The lowest BCUT2D eigenvalue weighted by Gasteiger charge is -2.23. The fraction of sp³-hybridized carbons (Fsp3) is 0.0938. The number of carbonyl (C=O) groups excluding carboxylic acids is 3. The largest absolute Gasteiger partial charge is 0.294 e. The lowest BCUT2D eigenvalue weighted by atomic mass is 9.78. The van der Waals surface area contributed by atoms with Gasteiger partial charge in [-0.25, -0.2) is 4.90 Å². The Hall–Kier alpha value is -4.28. The SMILES string of the molecule is O=C(C[C@H](c1ccc(Cl)cc1)[C@H]1C(=O)N(c2ccccc2)C(=O)/C1=C/c1ccccc1)c1ccccc1. The van der Waals surface area contributed by atoms with Crippen molar-refractivity contribution in [2.75, 3.05) is 4.90 Å². The molecule has 4 aromatic rings. The third kappa shape index (κ3) is 5.16. The first-order valence-electron chi connectivity index (χ1n) is 12.1. The summed E-state index contributed by atoms with van der Waals surface area (Å²) in [5.41, 5.74) is 3.01. The highest BCUT2D eigenvalue weighted by atomic mass is 35.5. The quantitative estimate of drug-likeness (QED) is 0.155. The number of hydrogen-bond acceptors (Lipinski definition) is 3. The Kier molecular flexibility index (Phi) is 7.11. The van der Waals surface area contributed by atoms with Crippen LogP contribution >= 0.6 is 11.6 Å². The minimum atomic E-state index is -0.846. The van der Waals surface area contributed by atoms with Crippen LogP contribution in [0.2, 0.25) is 5.02 Å². The summed E-state index contributed by atoms with van der Waals surface area (Å²) < 4.78 is 0. The van der Waals surface area contributed by atoms with Crippen molar-refractivity contribution in [3.8, 4) is 0 Å². The number of halogens is 1. The van der Waals surface area contributed by atoms with Gasteiger partial charge in [0.2, 0.25) is 5.91 Å². The van der Waals surface area contributed by atoms with Crippen LogP contribution in [0.1, 0.15) is 33.8 Å². The van der Waals surface area contributed by atoms with Gasteiger partial charge in [-0.3, -0.25) is 14.4 Å². The molecule has 0 N–H and O–H groups in total. The average molecular weight is 506 g/mol. The number of benzene rings is 4. The molecule has 2 amide bonds. The molecule has 0 aliphatic carbocycles. The van der Waals surface area contributed by atoms with Gasteiger partial charge in [-0.1, -0.05) is 103 Å². The van der Waals surface area contributed by atoms with Crippen molar-refractivity contribution in [2.24, 2.45) is 5.92 Å². The van der Waals surface area contributed by atoms with E-state index >= 15 is 0 Å². The van der Waals surface area contributed by atoms with Crippen molar-refractivity contribution < 1.29 is 14.4 Å². The topological polar surface area (TPSA) is 54.5 Å². The summed E-state index contributed by atoms with van der Waals surface area (Å²) in [6.07, 6.45) is 1.83. The van der Waals surface area contributed by atoms with Crippen LogP contribution in [0.15, 0.2) is 121 Å². The molecule has 1 fully saturated rings. The van der Waals surface area contributed by atoms with Crippen LogP contribution in [-0.2, 0) is 9.59 Å². The highest BCUT2D eigenvalue weighted by Crippen LogP contribution is 2.42. The molecule has 0 bridgehead atoms. The zero-order valence-corrected chi connectivity index (χ0v) is 20.7. The van der Waals surface area contributed by atoms with Gasteiger partial charge in [0, 0.05) is 28.5 Å². The minimum Gasteiger partial charge on any atom is -0.294 e. The van der Waals surface area contributed by atoms with E-state index in [-0.39, 0.29) is 24.0 Å². The molecule has 4 aromatic carbocycles. The van der Waals surface area contributed by atoms with Gasteiger partial charge in [0.1, 0.15) is 0 Å². The Labute approximate surface area is 220 Å². The highest BCUT2D eigenvalue weighted by molar-refractivity contribution is 6.31. The maximum atomic E-state index is 14.0. The molecule has 1 heterocycles. The second kappa shape index (κ2) is 10.8. The Bertz CT molecular complexity index is 1450. The van der Waals surface area contributed by atoms with Gasteiger partial charge >= 0.3 is 0 Å². The monoisotopic (exact) mass is 505 g/mol. The van der Waals surface area contributed by atoms with E-state index in [0.29, 0.717) is 21.8 Å². The molecule has 182 valence electrons. The Balaban J connectivity index is 1.64. The van der Waals surface area contributed by atoms with Crippen LogP contribution in [-0.4, -0.2) is 17.6 Å². The number of amides is 2. The lowest BCUT2D eigenvalue weighted by Crippen LogP contribution is -2.32. The van der Waals surface area contributed by atoms with Crippen LogP contribution in [0.4, 0.5) is 5.69 Å². The molecule has 0 unspecified atom stereocenters. The summed E-state index contributed by atoms with van der Waals surface area (Å²) in [5, 5.41) is 0.552. The molecule has 1 aliphatic rings. The number of para-hydroxylation sites is 1. The van der Waals surface area contributed by atoms with Gasteiger partial charge < -0.3 is 0 Å². The maximum absolute atomic E-state index is 14.0. The van der Waals surface area contributed by atoms with Gasteiger partial charge in [0.25, 0.3) is 5.91 Å². The first-order valence-corrected chi connectivity index (χ1v) is 12.4. The van der Waals surface area contributed by atoms with Gasteiger partial charge in [-0.05, 0) is 41.5 Å². The maximum Gasteiger partial charge on any atom is 0.261 e. The van der Waals surface area contributed by atoms with Gasteiger partial charge in [0.05, 0.1) is 11.6 Å². The number of Topliss-reactive ketones (excluding diaryl/α,β-unsaturated/α-hetero) is 1. The fourth-order valence-corrected chi connectivity index (χ4v) is 4.93. The average Bonchev–Trinajstić information content (AvgIpc) is 3.18. The van der Waals surface area contributed by atoms with E-state index in [1.165, 1.54) is 4.90 Å². The molecule has 1 aliphatic heterocycles. The van der Waals surface area contributed by atoms with E-state index in [1.54, 1.807) is 54.6 Å². The van der Waals surface area contributed by atoms with Crippen molar-refractivity contribution in [1.82, 2.24) is 0 Å². The standard InChI is InChI=1S/C32H24ClNO3/c33-25-18-16-23(17-19-25)27(21-29(35)24-12-6-2-7-13-24)30-28(20-22-10-4-1-5-11-22)31(36)34(32(30)37)26-14-8-3-9-15-26/h1-20,27,30H,21H2/b28-20+/t27-,30-/m1/s1. The van der Waals surface area contributed by atoms with Crippen LogP contribution in [0.25, 0.3) is 6.08 Å². The fourth-order valence-electron chi connectivity index (χ4n) is 4.80. The molecule has 0 radical (unpaired) electrons. The number of carbonyl (C=O) groups is 3. The van der Waals surface area contributed by atoms with Crippen LogP contribution in [0, 0.1) is 5.92 Å². The zero-order valence-electron chi connectivity index (χ0n) is 20.0. The molecule has 5 heteroatoms. The number of hydrogen-bond donors (Lipinski definition) is 0. The molecule has 5 rings (SSSR count). The summed E-state index contributed by atoms with van der Waals surface area (Å²) in [7, 11) is 0. The molecule has 0 saturated carbocycles. The van der Waals surface area contributed by atoms with E-state index in [2.05, 4.69) is 0 Å². The number of nitrogens with zero attached hydrogens (tertiary/aromatic N) is 1. The van der Waals surface area contributed by atoms with E-state index in [1.807, 2.05) is 66.7 Å². The van der Waals surface area contributed by atoms with Gasteiger partial charge in [-0.2, -0.15) is 0 Å². The minimum absolute atomic E-state index is 0.0596. The highest BCUT2D eigenvalue weighted by Gasteiger charge is 2.48. The van der Waals surface area contributed by atoms with Crippen molar-refractivity contribution >= 4 is 41.0 Å². The van der Waals surface area contributed by atoms with Gasteiger partial charge in [0.15, 0.2) is 5.78 Å². The summed E-state index contributed by atoms with van der Waals surface area (Å²) >= 11 is 6.16. The lowest BCUT2D eigenvalue weighted by molar-refractivity contribution is -0.122. The van der Waals surface area contributed by atoms with E-state index in [9.17, 15) is 14.4 Å². The Morgan fingerprint density at radius 2 is 1.35 bits per heavy atom. The summed E-state index contributed by atoms with van der Waals surface area (Å²) in [5.74, 6) is -2.24. The molecule has 0 aromatic heterocycles. The van der Waals surface area contributed by atoms with Gasteiger partial charge in [-0.15, -0.1) is 0 Å². The first kappa shape index (κ1) is 24.4. The van der Waals surface area contributed by atoms with Crippen molar-refractivity contribution in [1.29, 1.82) is 0 Å². The van der Waals surface area contributed by atoms with Crippen molar-refractivity contribution in [3.05, 3.63) is 143 Å². The van der Waals surface area contributed by atoms with E-state index < -0.39 is 11.8 Å². The van der Waals surface area contributed by atoms with E-state index in [0.717, 1.165) is 11.1 Å². The second-order valence-electron chi connectivity index (χ2n) is 8.95. The molecule has 4 nitrogen and oxygen atoms in total. The Morgan fingerprint density at radius 1 is 0.784 bits per heavy atom.